The maximum absolute atomic E-state index is 12.4. The third-order valence-electron chi connectivity index (χ3n) is 4.37. The molecule has 2 saturated heterocycles. The van der Waals surface area contributed by atoms with Crippen LogP contribution in [0.1, 0.15) is 12.0 Å². The Hall–Kier alpha value is -1.88. The monoisotopic (exact) mass is 287 g/mol. The molecular weight excluding hydrogens is 266 g/mol. The van der Waals surface area contributed by atoms with E-state index in [-0.39, 0.29) is 30.3 Å². The van der Waals surface area contributed by atoms with Crippen molar-refractivity contribution in [1.29, 1.82) is 0 Å². The number of benzene rings is 1. The Balaban J connectivity index is 1.70. The van der Waals surface area contributed by atoms with E-state index in [1.165, 1.54) is 5.56 Å². The van der Waals surface area contributed by atoms with Gasteiger partial charge in [0.1, 0.15) is 0 Å². The van der Waals surface area contributed by atoms with E-state index in [1.807, 2.05) is 18.2 Å². The molecule has 2 aliphatic rings. The summed E-state index contributed by atoms with van der Waals surface area (Å²) >= 11 is 0. The lowest BCUT2D eigenvalue weighted by Gasteiger charge is -2.37. The zero-order valence-electron chi connectivity index (χ0n) is 12.3. The fraction of sp³-hybridized carbons (Fsp3) is 0.500. The van der Waals surface area contributed by atoms with Crippen LogP contribution < -0.4 is 5.32 Å². The van der Waals surface area contributed by atoms with Crippen molar-refractivity contribution in [2.24, 2.45) is 5.92 Å². The highest BCUT2D eigenvalue weighted by Gasteiger charge is 2.39. The van der Waals surface area contributed by atoms with Gasteiger partial charge in [-0.25, -0.2) is 0 Å². The van der Waals surface area contributed by atoms with Crippen molar-refractivity contribution in [3.05, 3.63) is 35.9 Å². The summed E-state index contributed by atoms with van der Waals surface area (Å²) in [6.45, 7) is 2.65. The molecule has 2 atom stereocenters. The van der Waals surface area contributed by atoms with Crippen molar-refractivity contribution < 1.29 is 9.59 Å². The average Bonchev–Trinajstić information content (AvgIpc) is 2.58. The molecule has 5 nitrogen and oxygen atoms in total. The Morgan fingerprint density at radius 1 is 1.24 bits per heavy atom. The highest BCUT2D eigenvalue weighted by Crippen LogP contribution is 2.22. The van der Waals surface area contributed by atoms with E-state index >= 15 is 0 Å². The summed E-state index contributed by atoms with van der Waals surface area (Å²) in [4.78, 5) is 28.0. The largest absolute Gasteiger partial charge is 0.351 e. The van der Waals surface area contributed by atoms with Gasteiger partial charge in [-0.2, -0.15) is 0 Å². The summed E-state index contributed by atoms with van der Waals surface area (Å²) in [6, 6.07) is 10.3. The number of amides is 2. The zero-order chi connectivity index (χ0) is 14.8. The number of carbonyl (C=O) groups excluding carboxylic acids is 2. The second kappa shape index (κ2) is 5.85. The maximum atomic E-state index is 12.4. The summed E-state index contributed by atoms with van der Waals surface area (Å²) in [5.41, 5.74) is 1.26. The van der Waals surface area contributed by atoms with Crippen LogP contribution >= 0.6 is 0 Å². The Kier molecular flexibility index (Phi) is 3.92. The van der Waals surface area contributed by atoms with E-state index in [1.54, 1.807) is 11.9 Å². The summed E-state index contributed by atoms with van der Waals surface area (Å²) in [7, 11) is 1.71. The fourth-order valence-corrected chi connectivity index (χ4v) is 3.26. The minimum Gasteiger partial charge on any atom is -0.351 e. The number of hydrogen-bond donors (Lipinski definition) is 1. The van der Waals surface area contributed by atoms with Crippen LogP contribution in [-0.4, -0.2) is 54.3 Å². The lowest BCUT2D eigenvalue weighted by Crippen LogP contribution is -2.52. The Morgan fingerprint density at radius 2 is 2.00 bits per heavy atom. The number of piperidine rings is 1. The van der Waals surface area contributed by atoms with Gasteiger partial charge in [0.25, 0.3) is 0 Å². The van der Waals surface area contributed by atoms with Crippen molar-refractivity contribution in [3.63, 3.8) is 0 Å². The summed E-state index contributed by atoms with van der Waals surface area (Å²) < 4.78 is 0. The van der Waals surface area contributed by atoms with Crippen LogP contribution in [0.15, 0.2) is 30.3 Å². The minimum atomic E-state index is -0.126. The number of likely N-dealkylation sites (tertiary alicyclic amines) is 1. The first-order valence-corrected chi connectivity index (χ1v) is 7.44. The van der Waals surface area contributed by atoms with Gasteiger partial charge in [0.05, 0.1) is 12.5 Å². The predicted octanol–water partition coefficient (Wildman–Crippen LogP) is 0.465. The molecule has 0 saturated carbocycles. The quantitative estimate of drug-likeness (QED) is 0.860. The van der Waals surface area contributed by atoms with Gasteiger partial charge in [0, 0.05) is 32.7 Å². The molecule has 0 spiro atoms. The Labute approximate surface area is 124 Å². The van der Waals surface area contributed by atoms with Gasteiger partial charge in [0.2, 0.25) is 11.8 Å². The number of likely N-dealkylation sites (N-methyl/N-ethyl adjacent to an activating group) is 1. The molecule has 0 bridgehead atoms. The summed E-state index contributed by atoms with van der Waals surface area (Å²) in [5, 5.41) is 3.00. The topological polar surface area (TPSA) is 52.7 Å². The highest BCUT2D eigenvalue weighted by atomic mass is 16.2. The van der Waals surface area contributed by atoms with Crippen molar-refractivity contribution in [1.82, 2.24) is 15.1 Å². The molecule has 1 N–H and O–H groups in total. The molecule has 0 aliphatic carbocycles. The first-order chi connectivity index (χ1) is 10.1. The van der Waals surface area contributed by atoms with Crippen LogP contribution in [-0.2, 0) is 16.1 Å². The number of fused-ring (bicyclic) bond motifs is 1. The van der Waals surface area contributed by atoms with E-state index in [0.29, 0.717) is 6.54 Å². The predicted molar refractivity (Wildman–Crippen MR) is 79.4 cm³/mol. The molecule has 0 unspecified atom stereocenters. The minimum absolute atomic E-state index is 0.0121. The summed E-state index contributed by atoms with van der Waals surface area (Å²) in [5.74, 6) is -0.0927. The van der Waals surface area contributed by atoms with E-state index in [2.05, 4.69) is 22.3 Å². The van der Waals surface area contributed by atoms with Gasteiger partial charge < -0.3 is 10.2 Å². The lowest BCUT2D eigenvalue weighted by molar-refractivity contribution is -0.136. The fourth-order valence-electron chi connectivity index (χ4n) is 3.26. The smallest absolute Gasteiger partial charge is 0.239 e. The van der Waals surface area contributed by atoms with Crippen LogP contribution in [0.2, 0.25) is 0 Å². The molecule has 2 fully saturated rings. The molecule has 21 heavy (non-hydrogen) atoms. The molecule has 2 aliphatic heterocycles. The number of carbonyl (C=O) groups is 2. The van der Waals surface area contributed by atoms with Gasteiger partial charge in [-0.15, -0.1) is 0 Å². The van der Waals surface area contributed by atoms with Gasteiger partial charge in [-0.05, 0) is 12.0 Å². The molecular formula is C16H21N3O2. The van der Waals surface area contributed by atoms with E-state index < -0.39 is 0 Å². The lowest BCUT2D eigenvalue weighted by atomic mass is 9.91. The van der Waals surface area contributed by atoms with Crippen LogP contribution in [0.4, 0.5) is 0 Å². The number of nitrogens with one attached hydrogen (secondary N) is 1. The average molecular weight is 287 g/mol. The number of rotatable bonds is 2. The third kappa shape index (κ3) is 3.08. The Bertz CT molecular complexity index is 532. The van der Waals surface area contributed by atoms with E-state index in [4.69, 9.17) is 0 Å². The SMILES string of the molecule is CN1CC(=O)N[C@@H]2CCN(Cc3ccccc3)C[C@@H]2C1=O. The first-order valence-electron chi connectivity index (χ1n) is 7.44. The molecule has 5 heteroatoms. The summed E-state index contributed by atoms with van der Waals surface area (Å²) in [6.07, 6.45) is 0.836. The molecule has 112 valence electrons. The molecule has 3 rings (SSSR count). The van der Waals surface area contributed by atoms with E-state index in [0.717, 1.165) is 19.5 Å². The van der Waals surface area contributed by atoms with Gasteiger partial charge in [0.15, 0.2) is 0 Å². The molecule has 0 radical (unpaired) electrons. The normalized spacial score (nSPS) is 27.0. The van der Waals surface area contributed by atoms with E-state index in [9.17, 15) is 9.59 Å². The maximum Gasteiger partial charge on any atom is 0.239 e. The zero-order valence-corrected chi connectivity index (χ0v) is 12.3. The third-order valence-corrected chi connectivity index (χ3v) is 4.37. The molecule has 2 heterocycles. The number of nitrogens with zero attached hydrogens (tertiary/aromatic N) is 2. The number of hydrogen-bond acceptors (Lipinski definition) is 3. The Morgan fingerprint density at radius 3 is 2.76 bits per heavy atom. The van der Waals surface area contributed by atoms with Gasteiger partial charge >= 0.3 is 0 Å². The second-order valence-electron chi connectivity index (χ2n) is 5.98. The molecule has 1 aromatic rings. The van der Waals surface area contributed by atoms with Crippen LogP contribution in [0.25, 0.3) is 0 Å². The van der Waals surface area contributed by atoms with Crippen molar-refractivity contribution in [2.45, 2.75) is 19.0 Å². The first kappa shape index (κ1) is 14.1. The van der Waals surface area contributed by atoms with Crippen LogP contribution in [0, 0.1) is 5.92 Å². The van der Waals surface area contributed by atoms with Crippen molar-refractivity contribution in [2.75, 3.05) is 26.7 Å². The molecule has 0 aromatic heterocycles. The highest BCUT2D eigenvalue weighted by molar-refractivity contribution is 5.89. The molecule has 2 amide bonds. The second-order valence-corrected chi connectivity index (χ2v) is 5.98. The van der Waals surface area contributed by atoms with Gasteiger partial charge in [-0.3, -0.25) is 14.5 Å². The van der Waals surface area contributed by atoms with Gasteiger partial charge in [-0.1, -0.05) is 30.3 Å². The van der Waals surface area contributed by atoms with Crippen molar-refractivity contribution in [3.8, 4) is 0 Å². The standard InChI is InChI=1S/C16H21N3O2/c1-18-11-15(20)17-14-7-8-19(10-13(14)16(18)21)9-12-5-3-2-4-6-12/h2-6,13-14H,7-11H2,1H3,(H,17,20)/t13-,14+/m0/s1. The van der Waals surface area contributed by atoms with Crippen molar-refractivity contribution >= 4 is 11.8 Å². The van der Waals surface area contributed by atoms with Crippen LogP contribution in [0.3, 0.4) is 0 Å². The van der Waals surface area contributed by atoms with Crippen LogP contribution in [0.5, 0.6) is 0 Å². The molecule has 1 aromatic carbocycles.